The third-order valence-corrected chi connectivity index (χ3v) is 2.68. The molecule has 0 aliphatic rings. The zero-order chi connectivity index (χ0) is 13.8. The number of aromatic nitrogens is 5. The first-order valence-electron chi connectivity index (χ1n) is 5.81. The molecule has 8 heteroatoms. The Bertz CT molecular complexity index is 612. The molecule has 0 bridgehead atoms. The maximum atomic E-state index is 12.0. The monoisotopic (exact) mass is 262 g/mol. The van der Waals surface area contributed by atoms with Gasteiger partial charge in [-0.3, -0.25) is 14.3 Å². The van der Waals surface area contributed by atoms with Crippen molar-refractivity contribution in [2.45, 2.75) is 19.4 Å². The Labute approximate surface area is 108 Å². The fraction of sp³-hybridized carbons (Fsp3) is 0.364. The summed E-state index contributed by atoms with van der Waals surface area (Å²) in [4.78, 5) is 33.1. The Morgan fingerprint density at radius 2 is 2.32 bits per heavy atom. The van der Waals surface area contributed by atoms with E-state index >= 15 is 0 Å². The SMILES string of the molecule is CC[C@H](NC(=O)c1c[nH]c(=O)cn1)c1ncnn1C. The average Bonchev–Trinajstić information content (AvgIpc) is 2.83. The van der Waals surface area contributed by atoms with Crippen molar-refractivity contribution < 1.29 is 4.79 Å². The van der Waals surface area contributed by atoms with Crippen molar-refractivity contribution in [1.29, 1.82) is 0 Å². The fourth-order valence-electron chi connectivity index (χ4n) is 1.67. The van der Waals surface area contributed by atoms with Crippen LogP contribution in [0.1, 0.15) is 35.7 Å². The van der Waals surface area contributed by atoms with E-state index in [9.17, 15) is 9.59 Å². The average molecular weight is 262 g/mol. The molecule has 19 heavy (non-hydrogen) atoms. The maximum Gasteiger partial charge on any atom is 0.271 e. The summed E-state index contributed by atoms with van der Waals surface area (Å²) in [6.45, 7) is 1.93. The number of nitrogens with zero attached hydrogens (tertiary/aromatic N) is 4. The number of carbonyl (C=O) groups excluding carboxylic acids is 1. The largest absolute Gasteiger partial charge is 0.341 e. The Kier molecular flexibility index (Phi) is 3.69. The van der Waals surface area contributed by atoms with Gasteiger partial charge in [0.1, 0.15) is 17.8 Å². The molecule has 2 aromatic heterocycles. The van der Waals surface area contributed by atoms with Crippen LogP contribution in [0, 0.1) is 0 Å². The van der Waals surface area contributed by atoms with Crippen LogP contribution < -0.4 is 10.9 Å². The van der Waals surface area contributed by atoms with E-state index in [1.54, 1.807) is 11.7 Å². The van der Waals surface area contributed by atoms with Crippen molar-refractivity contribution in [3.63, 3.8) is 0 Å². The summed E-state index contributed by atoms with van der Waals surface area (Å²) in [5.74, 6) is 0.298. The Morgan fingerprint density at radius 3 is 2.84 bits per heavy atom. The summed E-state index contributed by atoms with van der Waals surface area (Å²) in [5.41, 5.74) is -0.197. The quantitative estimate of drug-likeness (QED) is 0.792. The second-order valence-electron chi connectivity index (χ2n) is 3.97. The maximum absolute atomic E-state index is 12.0. The molecule has 0 fully saturated rings. The minimum atomic E-state index is -0.369. The molecule has 8 nitrogen and oxygen atoms in total. The van der Waals surface area contributed by atoms with Crippen LogP contribution in [0.5, 0.6) is 0 Å². The van der Waals surface area contributed by atoms with E-state index in [2.05, 4.69) is 25.4 Å². The van der Waals surface area contributed by atoms with Gasteiger partial charge in [0, 0.05) is 13.2 Å². The number of aryl methyl sites for hydroxylation is 1. The number of H-pyrrole nitrogens is 1. The van der Waals surface area contributed by atoms with Gasteiger partial charge in [0.15, 0.2) is 0 Å². The molecule has 2 heterocycles. The molecule has 1 amide bonds. The number of aromatic amines is 1. The minimum Gasteiger partial charge on any atom is -0.341 e. The molecule has 0 saturated carbocycles. The highest BCUT2D eigenvalue weighted by Crippen LogP contribution is 2.12. The van der Waals surface area contributed by atoms with Gasteiger partial charge < -0.3 is 10.3 Å². The van der Waals surface area contributed by atoms with Crippen molar-refractivity contribution >= 4 is 5.91 Å². The predicted molar refractivity (Wildman–Crippen MR) is 66.4 cm³/mol. The van der Waals surface area contributed by atoms with Gasteiger partial charge in [0.05, 0.1) is 12.2 Å². The number of rotatable bonds is 4. The van der Waals surface area contributed by atoms with Gasteiger partial charge in [-0.15, -0.1) is 0 Å². The van der Waals surface area contributed by atoms with E-state index in [1.807, 2.05) is 6.92 Å². The summed E-state index contributed by atoms with van der Waals surface area (Å²) in [6.07, 6.45) is 4.45. The van der Waals surface area contributed by atoms with Gasteiger partial charge in [-0.2, -0.15) is 5.10 Å². The standard InChI is InChI=1S/C11H14N6O2/c1-3-7(10-14-6-15-17(10)2)16-11(19)8-4-13-9(18)5-12-8/h4-7H,3H2,1-2H3,(H,13,18)(H,16,19)/t7-/m0/s1. The molecule has 100 valence electrons. The molecular formula is C11H14N6O2. The number of carbonyl (C=O) groups is 1. The van der Waals surface area contributed by atoms with Gasteiger partial charge in [-0.1, -0.05) is 6.92 Å². The van der Waals surface area contributed by atoms with E-state index in [0.29, 0.717) is 12.2 Å². The molecule has 0 aromatic carbocycles. The fourth-order valence-corrected chi connectivity index (χ4v) is 1.67. The molecule has 2 aromatic rings. The molecule has 0 aliphatic carbocycles. The van der Waals surface area contributed by atoms with Crippen LogP contribution in [0.25, 0.3) is 0 Å². The lowest BCUT2D eigenvalue weighted by molar-refractivity contribution is 0.0927. The van der Waals surface area contributed by atoms with E-state index < -0.39 is 0 Å². The summed E-state index contributed by atoms with van der Waals surface area (Å²) in [5, 5.41) is 6.77. The second-order valence-corrected chi connectivity index (χ2v) is 3.97. The third-order valence-electron chi connectivity index (χ3n) is 2.68. The van der Waals surface area contributed by atoms with Gasteiger partial charge in [0.25, 0.3) is 11.5 Å². The smallest absolute Gasteiger partial charge is 0.271 e. The van der Waals surface area contributed by atoms with Crippen LogP contribution in [-0.2, 0) is 7.05 Å². The van der Waals surface area contributed by atoms with E-state index in [4.69, 9.17) is 0 Å². The van der Waals surface area contributed by atoms with E-state index in [-0.39, 0.29) is 23.2 Å². The van der Waals surface area contributed by atoms with Gasteiger partial charge >= 0.3 is 0 Å². The first kappa shape index (κ1) is 12.9. The molecule has 0 saturated heterocycles. The number of nitrogens with one attached hydrogen (secondary N) is 2. The van der Waals surface area contributed by atoms with Crippen LogP contribution in [0.15, 0.2) is 23.5 Å². The van der Waals surface area contributed by atoms with Crippen LogP contribution in [0.4, 0.5) is 0 Å². The lowest BCUT2D eigenvalue weighted by Crippen LogP contribution is -2.31. The van der Waals surface area contributed by atoms with Gasteiger partial charge in [-0.05, 0) is 6.42 Å². The molecule has 0 radical (unpaired) electrons. The molecule has 0 aliphatic heterocycles. The minimum absolute atomic E-state index is 0.153. The zero-order valence-electron chi connectivity index (χ0n) is 10.6. The van der Waals surface area contributed by atoms with Crippen LogP contribution in [-0.4, -0.2) is 30.6 Å². The Morgan fingerprint density at radius 1 is 1.53 bits per heavy atom. The third kappa shape index (κ3) is 2.84. The van der Waals surface area contributed by atoms with Gasteiger partial charge in [-0.25, -0.2) is 9.97 Å². The Hall–Kier alpha value is -2.51. The molecule has 2 N–H and O–H groups in total. The van der Waals surface area contributed by atoms with Crippen LogP contribution in [0.3, 0.4) is 0 Å². The lowest BCUT2D eigenvalue weighted by Gasteiger charge is -2.15. The van der Waals surface area contributed by atoms with Crippen molar-refractivity contribution in [3.05, 3.63) is 40.6 Å². The topological polar surface area (TPSA) is 106 Å². The molecule has 1 atom stereocenters. The molecular weight excluding hydrogens is 248 g/mol. The number of amides is 1. The predicted octanol–water partition coefficient (Wildman–Crippen LogP) is -0.221. The van der Waals surface area contributed by atoms with Crippen molar-refractivity contribution in [1.82, 2.24) is 30.0 Å². The van der Waals surface area contributed by atoms with Crippen molar-refractivity contribution in [3.8, 4) is 0 Å². The Balaban J connectivity index is 2.15. The van der Waals surface area contributed by atoms with Crippen molar-refractivity contribution in [2.75, 3.05) is 0 Å². The normalized spacial score (nSPS) is 12.1. The van der Waals surface area contributed by atoms with Crippen molar-refractivity contribution in [2.24, 2.45) is 7.05 Å². The summed E-state index contributed by atoms with van der Waals surface area (Å²) >= 11 is 0. The van der Waals surface area contributed by atoms with Gasteiger partial charge in [0.2, 0.25) is 0 Å². The molecule has 0 spiro atoms. The highest BCUT2D eigenvalue weighted by molar-refractivity contribution is 5.92. The molecule has 0 unspecified atom stereocenters. The summed E-state index contributed by atoms with van der Waals surface area (Å²) in [6, 6.07) is -0.256. The highest BCUT2D eigenvalue weighted by Gasteiger charge is 2.18. The first-order valence-corrected chi connectivity index (χ1v) is 5.81. The highest BCUT2D eigenvalue weighted by atomic mass is 16.2. The number of hydrogen-bond acceptors (Lipinski definition) is 5. The number of hydrogen-bond donors (Lipinski definition) is 2. The summed E-state index contributed by atoms with van der Waals surface area (Å²) in [7, 11) is 1.76. The van der Waals surface area contributed by atoms with E-state index in [1.165, 1.54) is 12.5 Å². The summed E-state index contributed by atoms with van der Waals surface area (Å²) < 4.78 is 1.61. The van der Waals surface area contributed by atoms with E-state index in [0.717, 1.165) is 6.20 Å². The first-order chi connectivity index (χ1) is 9.11. The second kappa shape index (κ2) is 5.42. The zero-order valence-corrected chi connectivity index (χ0v) is 10.6. The van der Waals surface area contributed by atoms with Crippen LogP contribution in [0.2, 0.25) is 0 Å². The molecule has 2 rings (SSSR count). The van der Waals surface area contributed by atoms with Crippen LogP contribution >= 0.6 is 0 Å². The lowest BCUT2D eigenvalue weighted by atomic mass is 10.2.